The molecule has 0 spiro atoms. The monoisotopic (exact) mass is 311 g/mol. The van der Waals surface area contributed by atoms with E-state index in [1.807, 2.05) is 24.3 Å². The van der Waals surface area contributed by atoms with E-state index >= 15 is 0 Å². The zero-order chi connectivity index (χ0) is 15.7. The zero-order valence-electron chi connectivity index (χ0n) is 12.6. The molecule has 0 saturated carbocycles. The number of carboxylic acids is 1. The molecular formula is C18H17NO2S. The van der Waals surface area contributed by atoms with Gasteiger partial charge in [0, 0.05) is 10.3 Å². The van der Waals surface area contributed by atoms with Gasteiger partial charge in [0.25, 0.3) is 0 Å². The Morgan fingerprint density at radius 3 is 2.64 bits per heavy atom. The lowest BCUT2D eigenvalue weighted by Crippen LogP contribution is -2.01. The van der Waals surface area contributed by atoms with Gasteiger partial charge in [0.2, 0.25) is 0 Å². The second kappa shape index (κ2) is 5.89. The van der Waals surface area contributed by atoms with Gasteiger partial charge < -0.3 is 5.11 Å². The number of aromatic nitrogens is 1. The van der Waals surface area contributed by atoms with Crippen molar-refractivity contribution in [2.45, 2.75) is 26.7 Å². The molecule has 0 amide bonds. The third-order valence-corrected chi connectivity index (χ3v) is 5.05. The summed E-state index contributed by atoms with van der Waals surface area (Å²) in [5.74, 6) is -0.908. The van der Waals surface area contributed by atoms with Crippen LogP contribution in [0.3, 0.4) is 0 Å². The van der Waals surface area contributed by atoms with Crippen LogP contribution in [0.1, 0.15) is 34.6 Å². The van der Waals surface area contributed by atoms with Gasteiger partial charge in [-0.3, -0.25) is 0 Å². The molecule has 22 heavy (non-hydrogen) atoms. The standard InChI is InChI=1S/C18H17NO2S/c1-3-11-6-5-7-13-14(18(20)21)10-15(19-17(11)13)16-9-8-12(4-2)22-16/h5-10H,3-4H2,1-2H3,(H,20,21). The topological polar surface area (TPSA) is 50.2 Å². The molecule has 1 aromatic carbocycles. The fourth-order valence-corrected chi connectivity index (χ4v) is 3.51. The number of carboxylic acid groups (broad SMARTS) is 1. The molecule has 0 aliphatic rings. The fraction of sp³-hybridized carbons (Fsp3) is 0.222. The Morgan fingerprint density at radius 2 is 2.00 bits per heavy atom. The number of thiophene rings is 1. The third kappa shape index (κ3) is 2.50. The number of para-hydroxylation sites is 1. The van der Waals surface area contributed by atoms with Gasteiger partial charge >= 0.3 is 5.97 Å². The van der Waals surface area contributed by atoms with Gasteiger partial charge in [-0.25, -0.2) is 9.78 Å². The van der Waals surface area contributed by atoms with Crippen molar-refractivity contribution in [1.82, 2.24) is 4.98 Å². The van der Waals surface area contributed by atoms with Crippen molar-refractivity contribution in [3.8, 4) is 10.6 Å². The molecular weight excluding hydrogens is 294 g/mol. The van der Waals surface area contributed by atoms with E-state index in [-0.39, 0.29) is 0 Å². The van der Waals surface area contributed by atoms with Crippen molar-refractivity contribution in [2.75, 3.05) is 0 Å². The van der Waals surface area contributed by atoms with Gasteiger partial charge in [0.1, 0.15) is 0 Å². The van der Waals surface area contributed by atoms with Crippen molar-refractivity contribution < 1.29 is 9.90 Å². The predicted molar refractivity (Wildman–Crippen MR) is 90.8 cm³/mol. The van der Waals surface area contributed by atoms with Crippen LogP contribution in [0, 0.1) is 0 Å². The van der Waals surface area contributed by atoms with E-state index in [2.05, 4.69) is 19.9 Å². The molecule has 0 aliphatic heterocycles. The second-order valence-corrected chi connectivity index (χ2v) is 6.31. The molecule has 1 N–H and O–H groups in total. The molecule has 3 rings (SSSR count). The third-order valence-electron chi connectivity index (χ3n) is 3.80. The van der Waals surface area contributed by atoms with Crippen molar-refractivity contribution in [1.29, 1.82) is 0 Å². The van der Waals surface area contributed by atoms with Gasteiger partial charge in [0.05, 0.1) is 21.7 Å². The molecule has 3 aromatic rings. The Labute approximate surface area is 133 Å². The molecule has 0 saturated heterocycles. The van der Waals surface area contributed by atoms with E-state index in [1.165, 1.54) is 4.88 Å². The van der Waals surface area contributed by atoms with Crippen molar-refractivity contribution in [3.05, 3.63) is 52.4 Å². The summed E-state index contributed by atoms with van der Waals surface area (Å²) >= 11 is 1.67. The minimum Gasteiger partial charge on any atom is -0.478 e. The summed E-state index contributed by atoms with van der Waals surface area (Å²) in [4.78, 5) is 18.7. The number of carbonyl (C=O) groups is 1. The summed E-state index contributed by atoms with van der Waals surface area (Å²) in [5.41, 5.74) is 2.94. The lowest BCUT2D eigenvalue weighted by atomic mass is 10.0. The summed E-state index contributed by atoms with van der Waals surface area (Å²) < 4.78 is 0. The number of benzene rings is 1. The van der Waals surface area contributed by atoms with E-state index in [0.717, 1.165) is 34.5 Å². The van der Waals surface area contributed by atoms with Crippen LogP contribution in [-0.2, 0) is 12.8 Å². The highest BCUT2D eigenvalue weighted by Gasteiger charge is 2.15. The summed E-state index contributed by atoms with van der Waals surface area (Å²) in [6, 6.07) is 11.5. The first kappa shape index (κ1) is 14.7. The second-order valence-electron chi connectivity index (χ2n) is 5.15. The van der Waals surface area contributed by atoms with E-state index in [9.17, 15) is 9.90 Å². The van der Waals surface area contributed by atoms with Crippen molar-refractivity contribution in [3.63, 3.8) is 0 Å². The average molecular weight is 311 g/mol. The van der Waals surface area contributed by atoms with E-state index in [4.69, 9.17) is 4.98 Å². The van der Waals surface area contributed by atoms with E-state index < -0.39 is 5.97 Å². The maximum absolute atomic E-state index is 11.6. The summed E-state index contributed by atoms with van der Waals surface area (Å²) in [5, 5.41) is 10.3. The summed E-state index contributed by atoms with van der Waals surface area (Å²) in [6.45, 7) is 4.17. The summed E-state index contributed by atoms with van der Waals surface area (Å²) in [7, 11) is 0. The first-order valence-electron chi connectivity index (χ1n) is 7.39. The van der Waals surface area contributed by atoms with Gasteiger partial charge in [0.15, 0.2) is 0 Å². The molecule has 0 fully saturated rings. The molecule has 0 aliphatic carbocycles. The molecule has 0 radical (unpaired) electrons. The molecule has 0 bridgehead atoms. The Bertz CT molecular complexity index is 851. The first-order valence-corrected chi connectivity index (χ1v) is 8.20. The smallest absolute Gasteiger partial charge is 0.336 e. The molecule has 0 atom stereocenters. The van der Waals surface area contributed by atoms with Crippen LogP contribution in [0.25, 0.3) is 21.5 Å². The number of hydrogen-bond donors (Lipinski definition) is 1. The number of hydrogen-bond acceptors (Lipinski definition) is 3. The number of rotatable bonds is 4. The maximum Gasteiger partial charge on any atom is 0.336 e. The number of aryl methyl sites for hydroxylation is 2. The van der Waals surface area contributed by atoms with Crippen molar-refractivity contribution in [2.24, 2.45) is 0 Å². The maximum atomic E-state index is 11.6. The first-order chi connectivity index (χ1) is 10.6. The van der Waals surface area contributed by atoms with Gasteiger partial charge in [-0.2, -0.15) is 0 Å². The zero-order valence-corrected chi connectivity index (χ0v) is 13.4. The Kier molecular flexibility index (Phi) is 3.94. The van der Waals surface area contributed by atoms with Crippen LogP contribution in [-0.4, -0.2) is 16.1 Å². The van der Waals surface area contributed by atoms with Crippen LogP contribution < -0.4 is 0 Å². The van der Waals surface area contributed by atoms with Gasteiger partial charge in [-0.05, 0) is 36.6 Å². The number of pyridine rings is 1. The minimum atomic E-state index is -0.908. The largest absolute Gasteiger partial charge is 0.478 e. The molecule has 3 nitrogen and oxygen atoms in total. The minimum absolute atomic E-state index is 0.321. The van der Waals surface area contributed by atoms with Crippen LogP contribution in [0.2, 0.25) is 0 Å². The lowest BCUT2D eigenvalue weighted by Gasteiger charge is -2.09. The van der Waals surface area contributed by atoms with Gasteiger partial charge in [-0.1, -0.05) is 32.0 Å². The van der Waals surface area contributed by atoms with Crippen LogP contribution in [0.4, 0.5) is 0 Å². The Morgan fingerprint density at radius 1 is 1.18 bits per heavy atom. The highest BCUT2D eigenvalue weighted by Crippen LogP contribution is 2.31. The van der Waals surface area contributed by atoms with Crippen molar-refractivity contribution >= 4 is 28.2 Å². The quantitative estimate of drug-likeness (QED) is 0.754. The number of nitrogens with zero attached hydrogens (tertiary/aromatic N) is 1. The summed E-state index contributed by atoms with van der Waals surface area (Å²) in [6.07, 6.45) is 1.81. The molecule has 2 heterocycles. The molecule has 2 aromatic heterocycles. The molecule has 0 unspecified atom stereocenters. The predicted octanol–water partition coefficient (Wildman–Crippen LogP) is 4.79. The SMILES string of the molecule is CCc1ccc(-c2cc(C(=O)O)c3cccc(CC)c3n2)s1. The highest BCUT2D eigenvalue weighted by molar-refractivity contribution is 7.15. The highest BCUT2D eigenvalue weighted by atomic mass is 32.1. The normalized spacial score (nSPS) is 11.0. The lowest BCUT2D eigenvalue weighted by molar-refractivity contribution is 0.0699. The van der Waals surface area contributed by atoms with E-state index in [0.29, 0.717) is 10.9 Å². The average Bonchev–Trinajstić information content (AvgIpc) is 3.02. The Balaban J connectivity index is 2.29. The van der Waals surface area contributed by atoms with Crippen LogP contribution in [0.15, 0.2) is 36.4 Å². The number of aromatic carboxylic acids is 1. The molecule has 112 valence electrons. The molecule has 4 heteroatoms. The van der Waals surface area contributed by atoms with Crippen LogP contribution in [0.5, 0.6) is 0 Å². The number of fused-ring (bicyclic) bond motifs is 1. The van der Waals surface area contributed by atoms with E-state index in [1.54, 1.807) is 17.4 Å². The fourth-order valence-electron chi connectivity index (χ4n) is 2.60. The Hall–Kier alpha value is -2.20. The van der Waals surface area contributed by atoms with Gasteiger partial charge in [-0.15, -0.1) is 11.3 Å². The van der Waals surface area contributed by atoms with Crippen LogP contribution >= 0.6 is 11.3 Å².